The Kier molecular flexibility index (Phi) is 4.48. The first-order valence-electron chi connectivity index (χ1n) is 9.78. The van der Waals surface area contributed by atoms with E-state index in [1.807, 2.05) is 59.6 Å². The van der Waals surface area contributed by atoms with Crippen LogP contribution in [0.4, 0.5) is 0 Å². The summed E-state index contributed by atoms with van der Waals surface area (Å²) in [7, 11) is 0. The van der Waals surface area contributed by atoms with Gasteiger partial charge in [0.2, 0.25) is 0 Å². The van der Waals surface area contributed by atoms with Crippen LogP contribution in [0.1, 0.15) is 22.9 Å². The van der Waals surface area contributed by atoms with Crippen molar-refractivity contribution in [3.8, 4) is 5.75 Å². The minimum Gasteiger partial charge on any atom is -0.484 e. The average Bonchev–Trinajstić information content (AvgIpc) is 3.17. The number of ether oxygens (including phenoxy) is 1. The van der Waals surface area contributed by atoms with E-state index in [-0.39, 0.29) is 18.6 Å². The summed E-state index contributed by atoms with van der Waals surface area (Å²) < 4.78 is 5.74. The minimum absolute atomic E-state index is 0.0103. The second kappa shape index (κ2) is 7.43. The fourth-order valence-corrected chi connectivity index (χ4v) is 4.14. The molecule has 0 radical (unpaired) electrons. The Morgan fingerprint density at radius 3 is 2.72 bits per heavy atom. The monoisotopic (exact) mass is 383 g/mol. The Hall–Kier alpha value is -3.60. The van der Waals surface area contributed by atoms with E-state index < -0.39 is 0 Å². The number of hydrogen-bond donors (Lipinski definition) is 1. The van der Waals surface area contributed by atoms with E-state index in [1.54, 1.807) is 6.20 Å². The van der Waals surface area contributed by atoms with Gasteiger partial charge in [-0.3, -0.25) is 9.78 Å². The number of rotatable bonds is 4. The van der Waals surface area contributed by atoms with Gasteiger partial charge in [0, 0.05) is 35.5 Å². The van der Waals surface area contributed by atoms with E-state index in [0.717, 1.165) is 23.2 Å². The van der Waals surface area contributed by atoms with E-state index in [1.165, 1.54) is 10.9 Å². The lowest BCUT2D eigenvalue weighted by Crippen LogP contribution is -2.43. The maximum atomic E-state index is 13.1. The highest BCUT2D eigenvalue weighted by atomic mass is 16.5. The van der Waals surface area contributed by atoms with Gasteiger partial charge in [0.1, 0.15) is 5.75 Å². The van der Waals surface area contributed by atoms with Gasteiger partial charge < -0.3 is 14.6 Å². The number of carbonyl (C=O) groups is 1. The van der Waals surface area contributed by atoms with Crippen molar-refractivity contribution in [3.63, 3.8) is 0 Å². The maximum Gasteiger partial charge on any atom is 0.261 e. The zero-order valence-corrected chi connectivity index (χ0v) is 15.9. The summed E-state index contributed by atoms with van der Waals surface area (Å²) in [6.45, 7) is 0.654. The molecule has 3 heterocycles. The Labute approximate surface area is 169 Å². The molecule has 1 aliphatic heterocycles. The van der Waals surface area contributed by atoms with Crippen LogP contribution >= 0.6 is 0 Å². The van der Waals surface area contributed by atoms with Crippen LogP contribution in [0.5, 0.6) is 5.75 Å². The lowest BCUT2D eigenvalue weighted by atomic mass is 9.93. The van der Waals surface area contributed by atoms with Crippen LogP contribution in [-0.2, 0) is 11.2 Å². The fraction of sp³-hybridized carbons (Fsp3) is 0.167. The lowest BCUT2D eigenvalue weighted by Gasteiger charge is -2.36. The average molecular weight is 383 g/mol. The van der Waals surface area contributed by atoms with E-state index >= 15 is 0 Å². The number of aromatic amines is 1. The predicted octanol–water partition coefficient (Wildman–Crippen LogP) is 4.12. The number of aromatic nitrogens is 2. The van der Waals surface area contributed by atoms with Crippen LogP contribution in [0.2, 0.25) is 0 Å². The normalized spacial score (nSPS) is 15.9. The van der Waals surface area contributed by atoms with Crippen LogP contribution in [0.3, 0.4) is 0 Å². The number of nitrogens with zero attached hydrogens (tertiary/aromatic N) is 2. The molecule has 2 aromatic carbocycles. The molecule has 0 saturated carbocycles. The van der Waals surface area contributed by atoms with Crippen LogP contribution < -0.4 is 4.74 Å². The molecule has 1 atom stereocenters. The minimum atomic E-state index is -0.202. The predicted molar refractivity (Wildman–Crippen MR) is 112 cm³/mol. The molecular formula is C24H21N3O2. The van der Waals surface area contributed by atoms with Gasteiger partial charge in [-0.05, 0) is 41.8 Å². The Balaban J connectivity index is 1.50. The molecule has 1 amide bonds. The van der Waals surface area contributed by atoms with Crippen molar-refractivity contribution in [1.29, 1.82) is 0 Å². The molecule has 29 heavy (non-hydrogen) atoms. The summed E-state index contributed by atoms with van der Waals surface area (Å²) in [5.41, 5.74) is 4.44. The number of H-pyrrole nitrogens is 1. The zero-order valence-electron chi connectivity index (χ0n) is 15.9. The number of nitrogens with one attached hydrogen (secondary N) is 1. The second-order valence-electron chi connectivity index (χ2n) is 7.19. The van der Waals surface area contributed by atoms with Gasteiger partial charge in [-0.15, -0.1) is 0 Å². The van der Waals surface area contributed by atoms with Gasteiger partial charge in [0.25, 0.3) is 5.91 Å². The van der Waals surface area contributed by atoms with Crippen molar-refractivity contribution in [3.05, 3.63) is 95.9 Å². The number of fused-ring (bicyclic) bond motifs is 3. The molecule has 1 aliphatic rings. The highest BCUT2D eigenvalue weighted by Crippen LogP contribution is 2.38. The van der Waals surface area contributed by atoms with E-state index in [0.29, 0.717) is 12.3 Å². The molecule has 5 heteroatoms. The van der Waals surface area contributed by atoms with Gasteiger partial charge in [-0.2, -0.15) is 0 Å². The number of pyridine rings is 1. The summed E-state index contributed by atoms with van der Waals surface area (Å²) >= 11 is 0. The molecule has 144 valence electrons. The first kappa shape index (κ1) is 17.5. The van der Waals surface area contributed by atoms with Crippen LogP contribution in [0.15, 0.2) is 79.1 Å². The topological polar surface area (TPSA) is 58.2 Å². The van der Waals surface area contributed by atoms with Crippen molar-refractivity contribution >= 4 is 16.8 Å². The van der Waals surface area contributed by atoms with Crippen LogP contribution in [0.25, 0.3) is 10.9 Å². The molecule has 0 saturated heterocycles. The molecule has 1 N–H and O–H groups in total. The number of carbonyl (C=O) groups excluding carboxylic acids is 1. The quantitative estimate of drug-likeness (QED) is 0.577. The molecule has 0 spiro atoms. The van der Waals surface area contributed by atoms with Gasteiger partial charge in [-0.25, -0.2) is 0 Å². The molecule has 5 nitrogen and oxygen atoms in total. The van der Waals surface area contributed by atoms with Gasteiger partial charge in [-0.1, -0.05) is 42.5 Å². The maximum absolute atomic E-state index is 13.1. The van der Waals surface area contributed by atoms with Gasteiger partial charge in [0.15, 0.2) is 6.61 Å². The molecule has 0 bridgehead atoms. The number of para-hydroxylation sites is 2. The van der Waals surface area contributed by atoms with Crippen molar-refractivity contribution in [1.82, 2.24) is 14.9 Å². The van der Waals surface area contributed by atoms with Crippen LogP contribution in [-0.4, -0.2) is 33.9 Å². The second-order valence-corrected chi connectivity index (χ2v) is 7.19. The number of benzene rings is 2. The Morgan fingerprint density at radius 2 is 1.90 bits per heavy atom. The van der Waals surface area contributed by atoms with Crippen molar-refractivity contribution in [2.45, 2.75) is 12.5 Å². The molecular weight excluding hydrogens is 362 g/mol. The third-order valence-electron chi connectivity index (χ3n) is 5.46. The fourth-order valence-electron chi connectivity index (χ4n) is 4.14. The summed E-state index contributed by atoms with van der Waals surface area (Å²) in [6, 6.07) is 21.5. The van der Waals surface area contributed by atoms with Crippen molar-refractivity contribution in [2.24, 2.45) is 0 Å². The molecule has 2 aromatic heterocycles. The van der Waals surface area contributed by atoms with Crippen molar-refractivity contribution in [2.75, 3.05) is 13.2 Å². The number of hydrogen-bond acceptors (Lipinski definition) is 3. The molecule has 5 rings (SSSR count). The zero-order chi connectivity index (χ0) is 19.6. The van der Waals surface area contributed by atoms with Crippen molar-refractivity contribution < 1.29 is 9.53 Å². The summed E-state index contributed by atoms with van der Waals surface area (Å²) in [4.78, 5) is 22.9. The first-order chi connectivity index (χ1) is 14.3. The summed E-state index contributed by atoms with van der Waals surface area (Å²) in [6.07, 6.45) is 4.40. The third kappa shape index (κ3) is 3.25. The SMILES string of the molecule is O=C(COc1ccccc1)N1CCc2c([nH]c3ccccc23)[C@H]1c1cccnc1. The van der Waals surface area contributed by atoms with E-state index in [2.05, 4.69) is 28.2 Å². The Morgan fingerprint density at radius 1 is 1.07 bits per heavy atom. The highest BCUT2D eigenvalue weighted by Gasteiger charge is 2.34. The van der Waals surface area contributed by atoms with E-state index in [4.69, 9.17) is 4.74 Å². The van der Waals surface area contributed by atoms with Gasteiger partial charge >= 0.3 is 0 Å². The standard InChI is InChI=1S/C24H21N3O2/c28-22(16-29-18-8-2-1-3-9-18)27-14-12-20-19-10-4-5-11-21(19)26-23(20)24(27)17-7-6-13-25-15-17/h1-11,13,15,24,26H,12,14,16H2/t24-/m1/s1. The Bertz CT molecular complexity index is 1140. The summed E-state index contributed by atoms with van der Waals surface area (Å²) in [5.74, 6) is 0.661. The van der Waals surface area contributed by atoms with Gasteiger partial charge in [0.05, 0.1) is 6.04 Å². The van der Waals surface area contributed by atoms with Crippen LogP contribution in [0, 0.1) is 0 Å². The molecule has 0 aliphatic carbocycles. The molecule has 4 aromatic rings. The molecule has 0 fully saturated rings. The highest BCUT2D eigenvalue weighted by molar-refractivity contribution is 5.86. The smallest absolute Gasteiger partial charge is 0.261 e. The molecule has 0 unspecified atom stereocenters. The largest absolute Gasteiger partial charge is 0.484 e. The summed E-state index contributed by atoms with van der Waals surface area (Å²) in [5, 5.41) is 1.23. The first-order valence-corrected chi connectivity index (χ1v) is 9.78. The third-order valence-corrected chi connectivity index (χ3v) is 5.46. The number of amides is 1. The lowest BCUT2D eigenvalue weighted by molar-refractivity contribution is -0.135. The van der Waals surface area contributed by atoms with E-state index in [9.17, 15) is 4.79 Å².